The molecule has 21 heavy (non-hydrogen) atoms. The van der Waals surface area contributed by atoms with E-state index in [4.69, 9.17) is 4.98 Å². The number of anilines is 1. The summed E-state index contributed by atoms with van der Waals surface area (Å²) in [6.07, 6.45) is 1.15. The minimum absolute atomic E-state index is 0.0776. The third kappa shape index (κ3) is 5.66. The fourth-order valence-corrected chi connectivity index (χ4v) is 2.25. The molecule has 1 N–H and O–H groups in total. The van der Waals surface area contributed by atoms with Gasteiger partial charge in [-0.3, -0.25) is 0 Å². The SMILES string of the molecule is CCCN(CC)c1cc(CNC(C)C)cc(C(C)(C)C)n1. The first-order valence-electron chi connectivity index (χ1n) is 8.27. The molecule has 0 atom stereocenters. The molecule has 0 saturated carbocycles. The van der Waals surface area contributed by atoms with Crippen LogP contribution in [0.1, 0.15) is 66.1 Å². The third-order valence-electron chi connectivity index (χ3n) is 3.55. The topological polar surface area (TPSA) is 28.2 Å². The normalized spacial score (nSPS) is 12.0. The third-order valence-corrected chi connectivity index (χ3v) is 3.55. The maximum Gasteiger partial charge on any atom is 0.129 e. The molecule has 0 amide bonds. The van der Waals surface area contributed by atoms with Crippen LogP contribution in [0.4, 0.5) is 5.82 Å². The number of hydrogen-bond acceptors (Lipinski definition) is 3. The van der Waals surface area contributed by atoms with Crippen LogP contribution in [0.2, 0.25) is 0 Å². The molecule has 3 nitrogen and oxygen atoms in total. The highest BCUT2D eigenvalue weighted by Gasteiger charge is 2.18. The van der Waals surface area contributed by atoms with Crippen LogP contribution in [0.25, 0.3) is 0 Å². The number of nitrogens with zero attached hydrogens (tertiary/aromatic N) is 2. The lowest BCUT2D eigenvalue weighted by Crippen LogP contribution is -2.27. The van der Waals surface area contributed by atoms with Gasteiger partial charge in [0.15, 0.2) is 0 Å². The van der Waals surface area contributed by atoms with Gasteiger partial charge in [0, 0.05) is 36.8 Å². The molecule has 3 heteroatoms. The summed E-state index contributed by atoms with van der Waals surface area (Å²) in [5, 5.41) is 3.51. The lowest BCUT2D eigenvalue weighted by molar-refractivity contribution is 0.559. The van der Waals surface area contributed by atoms with E-state index in [0.717, 1.165) is 31.9 Å². The molecule has 120 valence electrons. The number of aromatic nitrogens is 1. The van der Waals surface area contributed by atoms with Crippen LogP contribution in [0.3, 0.4) is 0 Å². The van der Waals surface area contributed by atoms with E-state index in [9.17, 15) is 0 Å². The predicted molar refractivity (Wildman–Crippen MR) is 93.1 cm³/mol. The van der Waals surface area contributed by atoms with E-state index in [2.05, 4.69) is 70.8 Å². The maximum absolute atomic E-state index is 4.92. The number of pyridine rings is 1. The van der Waals surface area contributed by atoms with Gasteiger partial charge >= 0.3 is 0 Å². The molecule has 0 aliphatic heterocycles. The summed E-state index contributed by atoms with van der Waals surface area (Å²) in [6, 6.07) is 4.99. The van der Waals surface area contributed by atoms with Gasteiger partial charge in [-0.1, -0.05) is 41.5 Å². The summed E-state index contributed by atoms with van der Waals surface area (Å²) in [5.74, 6) is 1.12. The standard InChI is InChI=1S/C18H33N3/c1-8-10-21(9-2)17-12-15(13-19-14(3)4)11-16(20-17)18(5,6)7/h11-12,14,19H,8-10,13H2,1-7H3. The Morgan fingerprint density at radius 2 is 1.86 bits per heavy atom. The van der Waals surface area contributed by atoms with Crippen LogP contribution < -0.4 is 10.2 Å². The van der Waals surface area contributed by atoms with Crippen molar-refractivity contribution in [3.63, 3.8) is 0 Å². The monoisotopic (exact) mass is 291 g/mol. The lowest BCUT2D eigenvalue weighted by Gasteiger charge is -2.26. The Kier molecular flexibility index (Phi) is 6.66. The van der Waals surface area contributed by atoms with Crippen molar-refractivity contribution in [2.45, 2.75) is 72.9 Å². The molecular formula is C18H33N3. The minimum atomic E-state index is 0.0776. The van der Waals surface area contributed by atoms with Crippen molar-refractivity contribution in [2.24, 2.45) is 0 Å². The quantitative estimate of drug-likeness (QED) is 0.819. The zero-order valence-corrected chi connectivity index (χ0v) is 15.0. The van der Waals surface area contributed by atoms with Gasteiger partial charge in [-0.05, 0) is 31.0 Å². The smallest absolute Gasteiger partial charge is 0.129 e. The second kappa shape index (κ2) is 7.79. The van der Waals surface area contributed by atoms with E-state index < -0.39 is 0 Å². The molecular weight excluding hydrogens is 258 g/mol. The highest BCUT2D eigenvalue weighted by molar-refractivity contribution is 5.44. The summed E-state index contributed by atoms with van der Waals surface area (Å²) in [4.78, 5) is 7.29. The molecule has 0 radical (unpaired) electrons. The van der Waals surface area contributed by atoms with Crippen molar-refractivity contribution in [3.8, 4) is 0 Å². The number of hydrogen-bond donors (Lipinski definition) is 1. The molecule has 1 rings (SSSR count). The van der Waals surface area contributed by atoms with Crippen molar-refractivity contribution in [2.75, 3.05) is 18.0 Å². The Labute approximate surface area is 131 Å². The summed E-state index contributed by atoms with van der Waals surface area (Å²) in [6.45, 7) is 18.5. The summed E-state index contributed by atoms with van der Waals surface area (Å²) in [7, 11) is 0. The average Bonchev–Trinajstić information content (AvgIpc) is 2.41. The molecule has 0 fully saturated rings. The second-order valence-corrected chi connectivity index (χ2v) is 7.08. The summed E-state index contributed by atoms with van der Waals surface area (Å²) < 4.78 is 0. The highest BCUT2D eigenvalue weighted by Crippen LogP contribution is 2.25. The first-order valence-corrected chi connectivity index (χ1v) is 8.27. The van der Waals surface area contributed by atoms with Gasteiger partial charge in [-0.2, -0.15) is 0 Å². The zero-order chi connectivity index (χ0) is 16.0. The largest absolute Gasteiger partial charge is 0.357 e. The van der Waals surface area contributed by atoms with Crippen molar-refractivity contribution >= 4 is 5.82 Å². The van der Waals surface area contributed by atoms with Crippen molar-refractivity contribution in [1.29, 1.82) is 0 Å². The maximum atomic E-state index is 4.92. The summed E-state index contributed by atoms with van der Waals surface area (Å²) in [5.41, 5.74) is 2.58. The minimum Gasteiger partial charge on any atom is -0.357 e. The van der Waals surface area contributed by atoms with E-state index in [1.54, 1.807) is 0 Å². The molecule has 1 aromatic rings. The van der Waals surface area contributed by atoms with Crippen molar-refractivity contribution < 1.29 is 0 Å². The molecule has 1 aromatic heterocycles. The van der Waals surface area contributed by atoms with Gasteiger partial charge in [0.25, 0.3) is 0 Å². The fraction of sp³-hybridized carbons (Fsp3) is 0.722. The van der Waals surface area contributed by atoms with Crippen LogP contribution >= 0.6 is 0 Å². The van der Waals surface area contributed by atoms with Crippen LogP contribution in [-0.2, 0) is 12.0 Å². The first-order chi connectivity index (χ1) is 9.77. The molecule has 0 bridgehead atoms. The molecule has 0 aliphatic carbocycles. The van der Waals surface area contributed by atoms with Crippen LogP contribution in [-0.4, -0.2) is 24.1 Å². The van der Waals surface area contributed by atoms with Crippen molar-refractivity contribution in [1.82, 2.24) is 10.3 Å². The summed E-state index contributed by atoms with van der Waals surface area (Å²) >= 11 is 0. The van der Waals surface area contributed by atoms with E-state index in [-0.39, 0.29) is 5.41 Å². The van der Waals surface area contributed by atoms with Crippen LogP contribution in [0.5, 0.6) is 0 Å². The van der Waals surface area contributed by atoms with E-state index >= 15 is 0 Å². The lowest BCUT2D eigenvalue weighted by atomic mass is 9.90. The Bertz CT molecular complexity index is 433. The predicted octanol–water partition coefficient (Wildman–Crippen LogP) is 4.11. The van der Waals surface area contributed by atoms with Gasteiger partial charge in [-0.15, -0.1) is 0 Å². The molecule has 0 saturated heterocycles. The molecule has 0 spiro atoms. The Morgan fingerprint density at radius 3 is 2.33 bits per heavy atom. The van der Waals surface area contributed by atoms with Gasteiger partial charge in [0.2, 0.25) is 0 Å². The van der Waals surface area contributed by atoms with E-state index in [0.29, 0.717) is 6.04 Å². The highest BCUT2D eigenvalue weighted by atomic mass is 15.2. The van der Waals surface area contributed by atoms with E-state index in [1.807, 2.05) is 0 Å². The first kappa shape index (κ1) is 18.0. The Balaban J connectivity index is 3.14. The zero-order valence-electron chi connectivity index (χ0n) is 15.0. The molecule has 1 heterocycles. The Hall–Kier alpha value is -1.09. The number of nitrogens with one attached hydrogen (secondary N) is 1. The van der Waals surface area contributed by atoms with Gasteiger partial charge in [0.05, 0.1) is 0 Å². The molecule has 0 unspecified atom stereocenters. The van der Waals surface area contributed by atoms with Crippen LogP contribution in [0.15, 0.2) is 12.1 Å². The second-order valence-electron chi connectivity index (χ2n) is 7.08. The van der Waals surface area contributed by atoms with E-state index in [1.165, 1.54) is 11.3 Å². The van der Waals surface area contributed by atoms with Crippen LogP contribution in [0, 0.1) is 0 Å². The van der Waals surface area contributed by atoms with Gasteiger partial charge in [-0.25, -0.2) is 4.98 Å². The average molecular weight is 291 g/mol. The van der Waals surface area contributed by atoms with Gasteiger partial charge in [0.1, 0.15) is 5.82 Å². The van der Waals surface area contributed by atoms with Gasteiger partial charge < -0.3 is 10.2 Å². The number of rotatable bonds is 7. The van der Waals surface area contributed by atoms with Crippen molar-refractivity contribution in [3.05, 3.63) is 23.4 Å². The molecule has 0 aromatic carbocycles. The fourth-order valence-electron chi connectivity index (χ4n) is 2.25. The molecule has 0 aliphatic rings. The Morgan fingerprint density at radius 1 is 1.19 bits per heavy atom.